The van der Waals surface area contributed by atoms with Gasteiger partial charge >= 0.3 is 0 Å². The molecule has 0 saturated heterocycles. The van der Waals surface area contributed by atoms with Crippen molar-refractivity contribution in [3.8, 4) is 33.0 Å². The van der Waals surface area contributed by atoms with E-state index in [-0.39, 0.29) is 5.91 Å². The number of aromatic nitrogens is 2. The van der Waals surface area contributed by atoms with Gasteiger partial charge in [-0.25, -0.2) is 0 Å². The van der Waals surface area contributed by atoms with Crippen LogP contribution in [0.15, 0.2) is 48.5 Å². The van der Waals surface area contributed by atoms with Crippen LogP contribution in [0.2, 0.25) is 0 Å². The molecule has 0 spiro atoms. The Bertz CT molecular complexity index is 1350. The molecule has 1 aliphatic rings. The molecule has 160 valence electrons. The summed E-state index contributed by atoms with van der Waals surface area (Å²) in [4.78, 5) is 16.2. The Hall–Kier alpha value is -3.71. The van der Waals surface area contributed by atoms with Crippen molar-refractivity contribution in [3.63, 3.8) is 0 Å². The molecule has 0 saturated carbocycles. The van der Waals surface area contributed by atoms with E-state index in [4.69, 9.17) is 5.41 Å². The second-order valence-electron chi connectivity index (χ2n) is 8.02. The maximum absolute atomic E-state index is 12.1. The van der Waals surface area contributed by atoms with Gasteiger partial charge in [0, 0.05) is 77.0 Å². The first-order valence-corrected chi connectivity index (χ1v) is 11.2. The Morgan fingerprint density at radius 3 is 2.59 bits per heavy atom. The fourth-order valence-electron chi connectivity index (χ4n) is 4.15. The van der Waals surface area contributed by atoms with Gasteiger partial charge in [-0.3, -0.25) is 9.89 Å². The van der Waals surface area contributed by atoms with Crippen LogP contribution in [0.25, 0.3) is 33.0 Å². The quantitative estimate of drug-likeness (QED) is 0.331. The summed E-state index contributed by atoms with van der Waals surface area (Å²) in [5.41, 5.74) is 9.08. The number of thiophene rings is 1. The third-order valence-electron chi connectivity index (χ3n) is 5.86. The highest BCUT2D eigenvalue weighted by Crippen LogP contribution is 2.46. The number of H-pyrrole nitrogens is 1. The van der Waals surface area contributed by atoms with Crippen LogP contribution in [-0.2, 0) is 6.42 Å². The molecule has 1 amide bonds. The van der Waals surface area contributed by atoms with Crippen molar-refractivity contribution < 1.29 is 4.79 Å². The van der Waals surface area contributed by atoms with Crippen molar-refractivity contribution in [1.29, 1.82) is 5.41 Å². The summed E-state index contributed by atoms with van der Waals surface area (Å²) >= 11 is 1.79. The largest absolute Gasteiger partial charge is 0.388 e. The number of carbonyl (C=O) groups is 1. The van der Waals surface area contributed by atoms with Crippen LogP contribution in [0.3, 0.4) is 0 Å². The number of amides is 1. The van der Waals surface area contributed by atoms with E-state index in [1.54, 1.807) is 30.3 Å². The van der Waals surface area contributed by atoms with Crippen LogP contribution in [0.5, 0.6) is 0 Å². The van der Waals surface area contributed by atoms with Crippen molar-refractivity contribution >= 4 is 29.1 Å². The summed E-state index contributed by atoms with van der Waals surface area (Å²) < 4.78 is 0. The van der Waals surface area contributed by atoms with Gasteiger partial charge in [0.05, 0.1) is 11.4 Å². The first-order valence-electron chi connectivity index (χ1n) is 10.3. The Balaban J connectivity index is 1.46. The molecule has 7 heteroatoms. The average molecular weight is 442 g/mol. The summed E-state index contributed by atoms with van der Waals surface area (Å²) in [7, 11) is 5.39. The maximum atomic E-state index is 12.1. The molecule has 0 unspecified atom stereocenters. The van der Waals surface area contributed by atoms with Gasteiger partial charge in [-0.1, -0.05) is 24.3 Å². The van der Waals surface area contributed by atoms with Crippen molar-refractivity contribution in [2.24, 2.45) is 0 Å². The van der Waals surface area contributed by atoms with Crippen molar-refractivity contribution in [2.45, 2.75) is 6.42 Å². The first-order chi connectivity index (χ1) is 15.5. The Labute approximate surface area is 190 Å². The van der Waals surface area contributed by atoms with Gasteiger partial charge in [0.25, 0.3) is 5.91 Å². The van der Waals surface area contributed by atoms with E-state index in [0.717, 1.165) is 40.2 Å². The smallest absolute Gasteiger partial charge is 0.253 e. The second kappa shape index (κ2) is 7.76. The van der Waals surface area contributed by atoms with Gasteiger partial charge < -0.3 is 15.6 Å². The fraction of sp³-hybridized carbons (Fsp3) is 0.160. The third kappa shape index (κ3) is 3.22. The number of carbonyl (C=O) groups excluding carboxylic acids is 1. The number of rotatable bonds is 5. The zero-order valence-electron chi connectivity index (χ0n) is 18.1. The average Bonchev–Trinajstić information content (AvgIpc) is 3.49. The summed E-state index contributed by atoms with van der Waals surface area (Å²) in [6.07, 6.45) is 2.20. The number of hydrogen-bond donors (Lipinski definition) is 3. The second-order valence-corrected chi connectivity index (χ2v) is 9.16. The number of anilines is 1. The minimum Gasteiger partial charge on any atom is -0.388 e. The van der Waals surface area contributed by atoms with Gasteiger partial charge in [0.15, 0.2) is 0 Å². The highest BCUT2D eigenvalue weighted by atomic mass is 32.1. The number of nitrogens with one attached hydrogen (secondary N) is 3. The molecule has 0 aliphatic heterocycles. The van der Waals surface area contributed by atoms with Gasteiger partial charge in [-0.15, -0.1) is 11.3 Å². The molecule has 0 radical (unpaired) electrons. The van der Waals surface area contributed by atoms with E-state index in [1.807, 2.05) is 49.5 Å². The first kappa shape index (κ1) is 20.2. The standard InChI is InChI=1S/C25H23N5OS/c1-27-20-10-16(8-9-17(20)13-26)23-19-12-22-18(24(19)29-28-23)11-21(32-22)14-4-6-15(7-5-14)25(31)30(2)3/h4-11,13,26-27H,12H2,1-3H3,(H,28,29). The molecular weight excluding hydrogens is 418 g/mol. The molecule has 32 heavy (non-hydrogen) atoms. The lowest BCUT2D eigenvalue weighted by molar-refractivity contribution is 0.0827. The van der Waals surface area contributed by atoms with Gasteiger partial charge in [0.2, 0.25) is 0 Å². The van der Waals surface area contributed by atoms with E-state index in [0.29, 0.717) is 5.56 Å². The molecular formula is C25H23N5OS. The highest BCUT2D eigenvalue weighted by molar-refractivity contribution is 7.16. The number of benzene rings is 2. The number of nitrogens with zero attached hydrogens (tertiary/aromatic N) is 2. The molecule has 2 aromatic heterocycles. The van der Waals surface area contributed by atoms with Crippen LogP contribution in [0.1, 0.15) is 26.4 Å². The molecule has 0 atom stereocenters. The molecule has 2 aromatic carbocycles. The summed E-state index contributed by atoms with van der Waals surface area (Å²) in [6.45, 7) is 0. The summed E-state index contributed by atoms with van der Waals surface area (Å²) in [5, 5.41) is 18.6. The minimum absolute atomic E-state index is 0.00920. The zero-order chi connectivity index (χ0) is 22.4. The van der Waals surface area contributed by atoms with Gasteiger partial charge in [-0.2, -0.15) is 5.10 Å². The van der Waals surface area contributed by atoms with Gasteiger partial charge in [0.1, 0.15) is 0 Å². The van der Waals surface area contributed by atoms with Crippen LogP contribution in [0.4, 0.5) is 5.69 Å². The Morgan fingerprint density at radius 1 is 1.16 bits per heavy atom. The van der Waals surface area contributed by atoms with Crippen LogP contribution < -0.4 is 5.32 Å². The summed E-state index contributed by atoms with van der Waals surface area (Å²) in [5.74, 6) is 0.00920. The fourth-order valence-corrected chi connectivity index (χ4v) is 5.34. The molecule has 0 fully saturated rings. The maximum Gasteiger partial charge on any atom is 0.253 e. The van der Waals surface area contributed by atoms with E-state index in [1.165, 1.54) is 27.1 Å². The summed E-state index contributed by atoms with van der Waals surface area (Å²) in [6, 6.07) is 16.0. The Morgan fingerprint density at radius 2 is 1.91 bits per heavy atom. The molecule has 3 N–H and O–H groups in total. The van der Waals surface area contributed by atoms with Crippen molar-refractivity contribution in [3.05, 3.63) is 70.1 Å². The molecule has 4 aromatic rings. The lowest BCUT2D eigenvalue weighted by Gasteiger charge is -2.10. The van der Waals surface area contributed by atoms with Crippen molar-refractivity contribution in [2.75, 3.05) is 26.5 Å². The van der Waals surface area contributed by atoms with Crippen LogP contribution in [-0.4, -0.2) is 48.4 Å². The zero-order valence-corrected chi connectivity index (χ0v) is 18.9. The molecule has 2 heterocycles. The number of aromatic amines is 1. The topological polar surface area (TPSA) is 84.9 Å². The number of fused-ring (bicyclic) bond motifs is 3. The van der Waals surface area contributed by atoms with E-state index >= 15 is 0 Å². The Kier molecular flexibility index (Phi) is 4.90. The normalized spacial score (nSPS) is 11.7. The monoisotopic (exact) mass is 441 g/mol. The van der Waals surface area contributed by atoms with E-state index in [2.05, 4.69) is 21.6 Å². The number of hydrogen-bond acceptors (Lipinski definition) is 5. The minimum atomic E-state index is 0.00920. The van der Waals surface area contributed by atoms with Crippen LogP contribution in [0, 0.1) is 5.41 Å². The predicted molar refractivity (Wildman–Crippen MR) is 131 cm³/mol. The lowest BCUT2D eigenvalue weighted by atomic mass is 10.0. The molecule has 6 nitrogen and oxygen atoms in total. The predicted octanol–water partition coefficient (Wildman–Crippen LogP) is 5.12. The van der Waals surface area contributed by atoms with Crippen molar-refractivity contribution in [1.82, 2.24) is 15.1 Å². The van der Waals surface area contributed by atoms with Gasteiger partial charge in [-0.05, 0) is 29.8 Å². The van der Waals surface area contributed by atoms with E-state index in [9.17, 15) is 4.79 Å². The molecule has 0 bridgehead atoms. The lowest BCUT2D eigenvalue weighted by Crippen LogP contribution is -2.21. The van der Waals surface area contributed by atoms with E-state index < -0.39 is 0 Å². The van der Waals surface area contributed by atoms with Crippen LogP contribution >= 0.6 is 11.3 Å². The molecule has 1 aliphatic carbocycles. The SMILES string of the molecule is CNc1cc(-c2n[nH]c3c2Cc2sc(-c4ccc(C(=O)N(C)C)cc4)cc2-3)ccc1C=N. The third-order valence-corrected chi connectivity index (χ3v) is 7.04. The highest BCUT2D eigenvalue weighted by Gasteiger charge is 2.28. The molecule has 5 rings (SSSR count).